The molecule has 0 unspecified atom stereocenters. The number of fused-ring (bicyclic) bond motifs is 1. The molecular formula is C12H11N3O. The molecule has 4 nitrogen and oxygen atoms in total. The molecule has 0 aliphatic heterocycles. The van der Waals surface area contributed by atoms with E-state index in [9.17, 15) is 0 Å². The van der Waals surface area contributed by atoms with Gasteiger partial charge in [-0.05, 0) is 25.5 Å². The zero-order chi connectivity index (χ0) is 11.1. The normalized spacial score (nSPS) is 11.1. The van der Waals surface area contributed by atoms with Crippen LogP contribution in [0.25, 0.3) is 22.0 Å². The zero-order valence-electron chi connectivity index (χ0n) is 9.11. The molecular weight excluding hydrogens is 202 g/mol. The van der Waals surface area contributed by atoms with Crippen LogP contribution in [0.3, 0.4) is 0 Å². The smallest absolute Gasteiger partial charge is 0.141 e. The summed E-state index contributed by atoms with van der Waals surface area (Å²) in [7, 11) is 0. The Bertz CT molecular complexity index is 632. The largest absolute Gasteiger partial charge is 0.361 e. The Kier molecular flexibility index (Phi) is 1.83. The van der Waals surface area contributed by atoms with E-state index in [0.29, 0.717) is 0 Å². The lowest BCUT2D eigenvalue weighted by molar-refractivity contribution is 0.393. The Labute approximate surface area is 92.3 Å². The Morgan fingerprint density at radius 1 is 1.25 bits per heavy atom. The van der Waals surface area contributed by atoms with E-state index in [0.717, 1.165) is 33.5 Å². The second-order valence-corrected chi connectivity index (χ2v) is 3.87. The SMILES string of the molecule is Cc1noc(C)c1-c1ccc2cn[nH]c2c1. The van der Waals surface area contributed by atoms with Crippen LogP contribution in [0.2, 0.25) is 0 Å². The molecule has 4 heteroatoms. The maximum absolute atomic E-state index is 5.17. The first-order valence-electron chi connectivity index (χ1n) is 5.12. The van der Waals surface area contributed by atoms with Gasteiger partial charge >= 0.3 is 0 Å². The van der Waals surface area contributed by atoms with Crippen LogP contribution in [0.1, 0.15) is 11.5 Å². The lowest BCUT2D eigenvalue weighted by Crippen LogP contribution is -1.81. The number of rotatable bonds is 1. The molecule has 0 saturated heterocycles. The first kappa shape index (κ1) is 9.15. The number of aryl methyl sites for hydroxylation is 2. The first-order chi connectivity index (χ1) is 7.75. The number of aromatic amines is 1. The van der Waals surface area contributed by atoms with Crippen LogP contribution in [0, 0.1) is 13.8 Å². The molecule has 3 aromatic rings. The van der Waals surface area contributed by atoms with Crippen LogP contribution in [-0.2, 0) is 0 Å². The highest BCUT2D eigenvalue weighted by Crippen LogP contribution is 2.28. The van der Waals surface area contributed by atoms with Crippen LogP contribution in [0.4, 0.5) is 0 Å². The Hall–Kier alpha value is -2.10. The van der Waals surface area contributed by atoms with Crippen molar-refractivity contribution in [3.8, 4) is 11.1 Å². The molecule has 16 heavy (non-hydrogen) atoms. The lowest BCUT2D eigenvalue weighted by atomic mass is 10.0. The van der Waals surface area contributed by atoms with Crippen LogP contribution >= 0.6 is 0 Å². The van der Waals surface area contributed by atoms with Gasteiger partial charge in [-0.2, -0.15) is 5.10 Å². The van der Waals surface area contributed by atoms with Crippen LogP contribution in [0.5, 0.6) is 0 Å². The van der Waals surface area contributed by atoms with Crippen LogP contribution in [-0.4, -0.2) is 15.4 Å². The maximum atomic E-state index is 5.17. The van der Waals surface area contributed by atoms with E-state index in [1.807, 2.05) is 26.1 Å². The van der Waals surface area contributed by atoms with E-state index in [2.05, 4.69) is 27.5 Å². The van der Waals surface area contributed by atoms with Crippen LogP contribution in [0.15, 0.2) is 28.9 Å². The zero-order valence-corrected chi connectivity index (χ0v) is 9.11. The van der Waals surface area contributed by atoms with Crippen molar-refractivity contribution in [2.45, 2.75) is 13.8 Å². The fraction of sp³-hybridized carbons (Fsp3) is 0.167. The summed E-state index contributed by atoms with van der Waals surface area (Å²) >= 11 is 0. The second kappa shape index (κ2) is 3.20. The quantitative estimate of drug-likeness (QED) is 0.676. The van der Waals surface area contributed by atoms with Crippen molar-refractivity contribution >= 4 is 10.9 Å². The minimum Gasteiger partial charge on any atom is -0.361 e. The summed E-state index contributed by atoms with van der Waals surface area (Å²) in [6.45, 7) is 3.87. The highest BCUT2D eigenvalue weighted by atomic mass is 16.5. The molecule has 0 amide bonds. The van der Waals surface area contributed by atoms with E-state index >= 15 is 0 Å². The van der Waals surface area contributed by atoms with Gasteiger partial charge < -0.3 is 4.52 Å². The van der Waals surface area contributed by atoms with Gasteiger partial charge in [0.25, 0.3) is 0 Å². The molecule has 0 radical (unpaired) electrons. The maximum Gasteiger partial charge on any atom is 0.141 e. The molecule has 2 heterocycles. The van der Waals surface area contributed by atoms with Gasteiger partial charge in [0.1, 0.15) is 5.76 Å². The predicted molar refractivity (Wildman–Crippen MR) is 61.1 cm³/mol. The fourth-order valence-corrected chi connectivity index (χ4v) is 1.99. The number of nitrogens with zero attached hydrogens (tertiary/aromatic N) is 2. The molecule has 80 valence electrons. The minimum atomic E-state index is 0.844. The van der Waals surface area contributed by atoms with Crippen molar-refractivity contribution in [2.24, 2.45) is 0 Å². The summed E-state index contributed by atoms with van der Waals surface area (Å²) in [6.07, 6.45) is 1.81. The summed E-state index contributed by atoms with van der Waals surface area (Å²) in [5.41, 5.74) is 4.11. The molecule has 0 spiro atoms. The average molecular weight is 213 g/mol. The van der Waals surface area contributed by atoms with E-state index in [-0.39, 0.29) is 0 Å². The standard InChI is InChI=1S/C12H11N3O/c1-7-12(8(2)16-15-7)9-3-4-10-6-13-14-11(10)5-9/h3-6H,1-2H3,(H,13,14). The molecule has 0 saturated carbocycles. The number of benzene rings is 1. The van der Waals surface area contributed by atoms with Gasteiger partial charge in [0.2, 0.25) is 0 Å². The predicted octanol–water partition coefficient (Wildman–Crippen LogP) is 2.83. The lowest BCUT2D eigenvalue weighted by Gasteiger charge is -1.99. The monoisotopic (exact) mass is 213 g/mol. The van der Waals surface area contributed by atoms with Crippen molar-refractivity contribution in [2.75, 3.05) is 0 Å². The number of H-pyrrole nitrogens is 1. The van der Waals surface area contributed by atoms with Gasteiger partial charge in [0, 0.05) is 10.9 Å². The fourth-order valence-electron chi connectivity index (χ4n) is 1.99. The highest BCUT2D eigenvalue weighted by Gasteiger charge is 2.11. The Morgan fingerprint density at radius 2 is 2.12 bits per heavy atom. The third-order valence-corrected chi connectivity index (χ3v) is 2.76. The molecule has 0 fully saturated rings. The third kappa shape index (κ3) is 1.23. The summed E-state index contributed by atoms with van der Waals surface area (Å²) in [5.74, 6) is 0.844. The van der Waals surface area contributed by atoms with Crippen molar-refractivity contribution in [1.29, 1.82) is 0 Å². The Morgan fingerprint density at radius 3 is 2.88 bits per heavy atom. The number of aromatic nitrogens is 3. The molecule has 0 aliphatic rings. The molecule has 2 aromatic heterocycles. The summed E-state index contributed by atoms with van der Waals surface area (Å²) in [4.78, 5) is 0. The van der Waals surface area contributed by atoms with Gasteiger partial charge in [-0.1, -0.05) is 17.3 Å². The first-order valence-corrected chi connectivity index (χ1v) is 5.12. The second-order valence-electron chi connectivity index (χ2n) is 3.87. The minimum absolute atomic E-state index is 0.844. The van der Waals surface area contributed by atoms with E-state index < -0.39 is 0 Å². The van der Waals surface area contributed by atoms with Crippen LogP contribution < -0.4 is 0 Å². The molecule has 0 bridgehead atoms. The van der Waals surface area contributed by atoms with Crippen molar-refractivity contribution in [3.63, 3.8) is 0 Å². The summed E-state index contributed by atoms with van der Waals surface area (Å²) in [5, 5.41) is 12.0. The van der Waals surface area contributed by atoms with E-state index in [4.69, 9.17) is 4.52 Å². The summed E-state index contributed by atoms with van der Waals surface area (Å²) < 4.78 is 5.17. The molecule has 0 aliphatic carbocycles. The molecule has 1 aromatic carbocycles. The number of hydrogen-bond donors (Lipinski definition) is 1. The topological polar surface area (TPSA) is 54.7 Å². The Balaban J connectivity index is 2.25. The highest BCUT2D eigenvalue weighted by molar-refractivity contribution is 5.84. The molecule has 0 atom stereocenters. The average Bonchev–Trinajstić information content (AvgIpc) is 2.85. The van der Waals surface area contributed by atoms with Gasteiger partial charge in [-0.15, -0.1) is 0 Å². The van der Waals surface area contributed by atoms with Crippen molar-refractivity contribution < 1.29 is 4.52 Å². The van der Waals surface area contributed by atoms with Crippen molar-refractivity contribution in [1.82, 2.24) is 15.4 Å². The number of nitrogens with one attached hydrogen (secondary N) is 1. The third-order valence-electron chi connectivity index (χ3n) is 2.76. The van der Waals surface area contributed by atoms with E-state index in [1.165, 1.54) is 0 Å². The van der Waals surface area contributed by atoms with E-state index in [1.54, 1.807) is 0 Å². The summed E-state index contributed by atoms with van der Waals surface area (Å²) in [6, 6.07) is 6.17. The van der Waals surface area contributed by atoms with Gasteiger partial charge in [0.15, 0.2) is 0 Å². The van der Waals surface area contributed by atoms with Gasteiger partial charge in [-0.25, -0.2) is 0 Å². The molecule has 1 N–H and O–H groups in total. The van der Waals surface area contributed by atoms with Gasteiger partial charge in [0.05, 0.1) is 17.4 Å². The molecule has 3 rings (SSSR count). The number of hydrogen-bond acceptors (Lipinski definition) is 3. The van der Waals surface area contributed by atoms with Crippen molar-refractivity contribution in [3.05, 3.63) is 35.9 Å². The van der Waals surface area contributed by atoms with Gasteiger partial charge in [-0.3, -0.25) is 5.10 Å².